The smallest absolute Gasteiger partial charge is 0.337 e. The number of methoxy groups -OCH3 is 2. The highest BCUT2D eigenvalue weighted by Crippen LogP contribution is 2.17. The van der Waals surface area contributed by atoms with Gasteiger partial charge in [-0.15, -0.1) is 0 Å². The van der Waals surface area contributed by atoms with E-state index in [2.05, 4.69) is 15.2 Å². The molecule has 3 rings (SSSR count). The van der Waals surface area contributed by atoms with Crippen LogP contribution in [0.4, 0.5) is 10.1 Å². The topological polar surface area (TPSA) is 99.5 Å². The molecule has 0 aliphatic rings. The SMILES string of the molecule is COC(=O)c1cccc(NC(=O)c2nn(-c3ccc(F)cc3)c(OC)cc2=O)c1. The van der Waals surface area contributed by atoms with Gasteiger partial charge >= 0.3 is 5.97 Å². The van der Waals surface area contributed by atoms with Gasteiger partial charge in [-0.3, -0.25) is 9.59 Å². The molecule has 0 unspecified atom stereocenters. The number of hydrogen-bond acceptors (Lipinski definition) is 6. The van der Waals surface area contributed by atoms with Crippen molar-refractivity contribution in [2.75, 3.05) is 19.5 Å². The Labute approximate surface area is 164 Å². The highest BCUT2D eigenvalue weighted by Gasteiger charge is 2.18. The summed E-state index contributed by atoms with van der Waals surface area (Å²) in [6.45, 7) is 0. The second kappa shape index (κ2) is 8.34. The molecule has 0 saturated heterocycles. The molecule has 1 amide bonds. The van der Waals surface area contributed by atoms with Gasteiger partial charge in [0.1, 0.15) is 5.82 Å². The fourth-order valence-electron chi connectivity index (χ4n) is 2.54. The predicted molar refractivity (Wildman–Crippen MR) is 102 cm³/mol. The Morgan fingerprint density at radius 1 is 1.07 bits per heavy atom. The Hall–Kier alpha value is -4.01. The van der Waals surface area contributed by atoms with Gasteiger partial charge in [0, 0.05) is 5.69 Å². The molecule has 0 aliphatic heterocycles. The van der Waals surface area contributed by atoms with E-state index in [0.717, 1.165) is 6.07 Å². The van der Waals surface area contributed by atoms with Crippen LogP contribution < -0.4 is 15.5 Å². The average molecular weight is 397 g/mol. The summed E-state index contributed by atoms with van der Waals surface area (Å²) in [4.78, 5) is 36.6. The molecule has 2 aromatic carbocycles. The van der Waals surface area contributed by atoms with Gasteiger partial charge in [0.2, 0.25) is 11.3 Å². The van der Waals surface area contributed by atoms with Crippen LogP contribution in [0.5, 0.6) is 5.88 Å². The molecule has 1 heterocycles. The largest absolute Gasteiger partial charge is 0.481 e. The minimum atomic E-state index is -0.782. The lowest BCUT2D eigenvalue weighted by Crippen LogP contribution is -2.26. The van der Waals surface area contributed by atoms with Crippen LogP contribution in [-0.4, -0.2) is 35.9 Å². The number of hydrogen-bond donors (Lipinski definition) is 1. The Kier molecular flexibility index (Phi) is 5.68. The minimum absolute atomic E-state index is 0.0749. The number of rotatable bonds is 5. The summed E-state index contributed by atoms with van der Waals surface area (Å²) >= 11 is 0. The Morgan fingerprint density at radius 2 is 1.79 bits per heavy atom. The minimum Gasteiger partial charge on any atom is -0.481 e. The molecule has 3 aromatic rings. The molecule has 1 aromatic heterocycles. The van der Waals surface area contributed by atoms with Crippen LogP contribution in [0.25, 0.3) is 5.69 Å². The monoisotopic (exact) mass is 397 g/mol. The highest BCUT2D eigenvalue weighted by molar-refractivity contribution is 6.03. The molecule has 0 saturated carbocycles. The van der Waals surface area contributed by atoms with Gasteiger partial charge < -0.3 is 14.8 Å². The number of benzene rings is 2. The van der Waals surface area contributed by atoms with Crippen LogP contribution in [0.3, 0.4) is 0 Å². The highest BCUT2D eigenvalue weighted by atomic mass is 19.1. The Morgan fingerprint density at radius 3 is 2.45 bits per heavy atom. The number of aromatic nitrogens is 2. The van der Waals surface area contributed by atoms with Gasteiger partial charge in [-0.05, 0) is 42.5 Å². The quantitative estimate of drug-likeness (QED) is 0.664. The summed E-state index contributed by atoms with van der Waals surface area (Å²) in [6.07, 6.45) is 0. The first-order chi connectivity index (χ1) is 13.9. The first kappa shape index (κ1) is 19.7. The van der Waals surface area contributed by atoms with E-state index < -0.39 is 28.8 Å². The van der Waals surface area contributed by atoms with Crippen molar-refractivity contribution >= 4 is 17.6 Å². The number of carbonyl (C=O) groups excluding carboxylic acids is 2. The Bertz CT molecular complexity index is 1130. The third-order valence-corrected chi connectivity index (χ3v) is 3.93. The maximum atomic E-state index is 13.2. The molecule has 29 heavy (non-hydrogen) atoms. The summed E-state index contributed by atoms with van der Waals surface area (Å²) in [5.41, 5.74) is -0.162. The zero-order valence-electron chi connectivity index (χ0n) is 15.5. The maximum absolute atomic E-state index is 13.2. The lowest BCUT2D eigenvalue weighted by molar-refractivity contribution is 0.0600. The van der Waals surface area contributed by atoms with Crippen LogP contribution >= 0.6 is 0 Å². The first-order valence-electron chi connectivity index (χ1n) is 8.37. The molecule has 0 fully saturated rings. The lowest BCUT2D eigenvalue weighted by Gasteiger charge is -2.12. The van der Waals surface area contributed by atoms with E-state index in [1.54, 1.807) is 12.1 Å². The Balaban J connectivity index is 1.97. The number of ether oxygens (including phenoxy) is 2. The first-order valence-corrected chi connectivity index (χ1v) is 8.37. The van der Waals surface area contributed by atoms with Gasteiger partial charge in [-0.1, -0.05) is 6.07 Å². The van der Waals surface area contributed by atoms with Crippen LogP contribution in [0.1, 0.15) is 20.8 Å². The maximum Gasteiger partial charge on any atom is 0.337 e. The number of esters is 1. The normalized spacial score (nSPS) is 10.3. The van der Waals surface area contributed by atoms with Gasteiger partial charge in [-0.25, -0.2) is 13.9 Å². The van der Waals surface area contributed by atoms with Crippen molar-refractivity contribution in [1.82, 2.24) is 9.78 Å². The third kappa shape index (κ3) is 4.29. The number of halogens is 1. The summed E-state index contributed by atoms with van der Waals surface area (Å²) < 4.78 is 24.2. The zero-order valence-corrected chi connectivity index (χ0v) is 15.5. The van der Waals surface area contributed by atoms with Crippen molar-refractivity contribution < 1.29 is 23.5 Å². The molecule has 0 bridgehead atoms. The van der Waals surface area contributed by atoms with Crippen molar-refractivity contribution in [2.45, 2.75) is 0 Å². The third-order valence-electron chi connectivity index (χ3n) is 3.93. The molecule has 0 aliphatic carbocycles. The van der Waals surface area contributed by atoms with Crippen LogP contribution in [-0.2, 0) is 4.74 Å². The van der Waals surface area contributed by atoms with Crippen molar-refractivity contribution in [3.8, 4) is 11.6 Å². The molecular weight excluding hydrogens is 381 g/mol. The summed E-state index contributed by atoms with van der Waals surface area (Å²) in [6, 6.07) is 12.4. The molecule has 9 heteroatoms. The van der Waals surface area contributed by atoms with Crippen molar-refractivity contribution in [3.05, 3.63) is 81.9 Å². The molecule has 148 valence electrons. The molecule has 0 radical (unpaired) electrons. The van der Waals surface area contributed by atoms with E-state index >= 15 is 0 Å². The van der Waals surface area contributed by atoms with E-state index in [1.165, 1.54) is 55.3 Å². The molecule has 1 N–H and O–H groups in total. The number of nitrogens with zero attached hydrogens (tertiary/aromatic N) is 2. The van der Waals surface area contributed by atoms with Gasteiger partial charge in [0.05, 0.1) is 31.5 Å². The molecule has 8 nitrogen and oxygen atoms in total. The fraction of sp³-hybridized carbons (Fsp3) is 0.100. The number of nitrogens with one attached hydrogen (secondary N) is 1. The van der Waals surface area contributed by atoms with Crippen LogP contribution in [0.2, 0.25) is 0 Å². The average Bonchev–Trinajstić information content (AvgIpc) is 2.73. The fourth-order valence-corrected chi connectivity index (χ4v) is 2.54. The van der Waals surface area contributed by atoms with Crippen molar-refractivity contribution in [3.63, 3.8) is 0 Å². The standard InChI is InChI=1S/C20H16FN3O5/c1-28-17-11-16(25)18(23-24(17)15-8-6-13(21)7-9-15)19(26)22-14-5-3-4-12(10-14)20(27)29-2/h3-11H,1-2H3,(H,22,26). The molecule has 0 atom stereocenters. The van der Waals surface area contributed by atoms with Gasteiger partial charge in [0.15, 0.2) is 5.69 Å². The van der Waals surface area contributed by atoms with Gasteiger partial charge in [-0.2, -0.15) is 5.10 Å². The van der Waals surface area contributed by atoms with E-state index in [1.807, 2.05) is 0 Å². The number of anilines is 1. The van der Waals surface area contributed by atoms with Crippen molar-refractivity contribution in [2.24, 2.45) is 0 Å². The lowest BCUT2D eigenvalue weighted by atomic mass is 10.2. The van der Waals surface area contributed by atoms with Crippen LogP contribution in [0, 0.1) is 5.82 Å². The number of amides is 1. The van der Waals surface area contributed by atoms with Crippen molar-refractivity contribution in [1.29, 1.82) is 0 Å². The zero-order chi connectivity index (χ0) is 21.0. The summed E-state index contributed by atoms with van der Waals surface area (Å²) in [5, 5.41) is 6.59. The summed E-state index contributed by atoms with van der Waals surface area (Å²) in [7, 11) is 2.58. The van der Waals surface area contributed by atoms with E-state index in [4.69, 9.17) is 4.74 Å². The number of carbonyl (C=O) groups is 2. The predicted octanol–water partition coefficient (Wildman–Crippen LogP) is 2.42. The van der Waals surface area contributed by atoms with Gasteiger partial charge in [0.25, 0.3) is 5.91 Å². The second-order valence-electron chi connectivity index (χ2n) is 5.81. The second-order valence-corrected chi connectivity index (χ2v) is 5.81. The summed E-state index contributed by atoms with van der Waals surface area (Å²) in [5.74, 6) is -1.72. The molecular formula is C20H16FN3O5. The van der Waals surface area contributed by atoms with E-state index in [9.17, 15) is 18.8 Å². The van der Waals surface area contributed by atoms with E-state index in [0.29, 0.717) is 5.69 Å². The van der Waals surface area contributed by atoms with Crippen LogP contribution in [0.15, 0.2) is 59.4 Å². The van der Waals surface area contributed by atoms with E-state index in [-0.39, 0.29) is 17.1 Å². The molecule has 0 spiro atoms.